The quantitative estimate of drug-likeness (QED) is 0.799. The maximum atomic E-state index is 13.3. The molecule has 0 radical (unpaired) electrons. The zero-order valence-corrected chi connectivity index (χ0v) is 12.0. The second kappa shape index (κ2) is 5.95. The Morgan fingerprint density at radius 1 is 1.10 bits per heavy atom. The van der Waals surface area contributed by atoms with Gasteiger partial charge in [-0.25, -0.2) is 4.39 Å². The van der Waals surface area contributed by atoms with E-state index in [0.29, 0.717) is 5.69 Å². The molecule has 3 heteroatoms. The number of benzene rings is 2. The van der Waals surface area contributed by atoms with Gasteiger partial charge in [0.15, 0.2) is 0 Å². The maximum absolute atomic E-state index is 13.3. The first kappa shape index (κ1) is 14.4. The Labute approximate surface area is 119 Å². The Morgan fingerprint density at radius 2 is 1.80 bits per heavy atom. The molecule has 0 amide bonds. The zero-order valence-electron chi connectivity index (χ0n) is 12.0. The number of nitrogens with two attached hydrogens (primary N) is 1. The Kier molecular flexibility index (Phi) is 4.28. The Morgan fingerprint density at radius 3 is 2.45 bits per heavy atom. The smallest absolute Gasteiger partial charge is 0.127 e. The van der Waals surface area contributed by atoms with Crippen LogP contribution in [0.5, 0.6) is 0 Å². The van der Waals surface area contributed by atoms with Crippen LogP contribution in [0.1, 0.15) is 25.8 Å². The first-order valence-corrected chi connectivity index (χ1v) is 6.83. The first-order valence-electron chi connectivity index (χ1n) is 6.83. The normalized spacial score (nSPS) is 11.3. The van der Waals surface area contributed by atoms with Gasteiger partial charge in [0.05, 0.1) is 0 Å². The van der Waals surface area contributed by atoms with Crippen molar-refractivity contribution in [3.8, 4) is 0 Å². The highest BCUT2D eigenvalue weighted by Gasteiger charge is 2.17. The van der Waals surface area contributed by atoms with Crippen molar-refractivity contribution in [2.45, 2.75) is 32.2 Å². The van der Waals surface area contributed by atoms with Crippen molar-refractivity contribution in [2.75, 3.05) is 11.1 Å². The summed E-state index contributed by atoms with van der Waals surface area (Å²) in [6.45, 7) is 4.22. The van der Waals surface area contributed by atoms with Gasteiger partial charge in [-0.3, -0.25) is 0 Å². The lowest BCUT2D eigenvalue weighted by Gasteiger charge is -2.28. The molecule has 0 atom stereocenters. The Bertz CT molecular complexity index is 544. The van der Waals surface area contributed by atoms with Crippen LogP contribution < -0.4 is 11.1 Å². The fourth-order valence-electron chi connectivity index (χ4n) is 2.24. The van der Waals surface area contributed by atoms with Gasteiger partial charge in [-0.2, -0.15) is 0 Å². The van der Waals surface area contributed by atoms with E-state index >= 15 is 0 Å². The second-order valence-electron chi connectivity index (χ2n) is 5.77. The van der Waals surface area contributed by atoms with Gasteiger partial charge in [0.25, 0.3) is 0 Å². The van der Waals surface area contributed by atoms with Crippen molar-refractivity contribution in [3.63, 3.8) is 0 Å². The molecule has 106 valence electrons. The minimum Gasteiger partial charge on any atom is -0.399 e. The van der Waals surface area contributed by atoms with Crippen molar-refractivity contribution in [1.29, 1.82) is 0 Å². The van der Waals surface area contributed by atoms with Crippen molar-refractivity contribution >= 4 is 11.4 Å². The van der Waals surface area contributed by atoms with Crippen LogP contribution in [-0.4, -0.2) is 5.54 Å². The third kappa shape index (κ3) is 4.26. The molecule has 0 saturated carbocycles. The standard InChI is InChI=1S/C17H21FN2/c1-17(2,9-8-13-6-4-3-5-7-13)20-16-11-14(18)10-15(19)12-16/h3-7,10-12,20H,8-9,19H2,1-2H3. The summed E-state index contributed by atoms with van der Waals surface area (Å²) in [5, 5.41) is 3.35. The van der Waals surface area contributed by atoms with Crippen LogP contribution in [0, 0.1) is 5.82 Å². The van der Waals surface area contributed by atoms with Crippen LogP contribution in [-0.2, 0) is 6.42 Å². The van der Waals surface area contributed by atoms with Crippen LogP contribution in [0.25, 0.3) is 0 Å². The monoisotopic (exact) mass is 272 g/mol. The maximum Gasteiger partial charge on any atom is 0.127 e. The molecule has 0 aromatic heterocycles. The molecule has 0 bridgehead atoms. The average Bonchev–Trinajstić information content (AvgIpc) is 2.36. The third-order valence-electron chi connectivity index (χ3n) is 3.28. The average molecular weight is 272 g/mol. The lowest BCUT2D eigenvalue weighted by atomic mass is 9.95. The number of hydrogen-bond donors (Lipinski definition) is 2. The Balaban J connectivity index is 1.99. The van der Waals surface area contributed by atoms with Gasteiger partial charge >= 0.3 is 0 Å². The number of aryl methyl sites for hydroxylation is 1. The molecule has 2 rings (SSSR count). The van der Waals surface area contributed by atoms with E-state index < -0.39 is 0 Å². The molecule has 0 saturated heterocycles. The van der Waals surface area contributed by atoms with E-state index in [1.165, 1.54) is 17.7 Å². The summed E-state index contributed by atoms with van der Waals surface area (Å²) in [7, 11) is 0. The number of anilines is 2. The molecule has 2 aromatic rings. The van der Waals surface area contributed by atoms with Gasteiger partial charge < -0.3 is 11.1 Å². The lowest BCUT2D eigenvalue weighted by molar-refractivity contribution is 0.518. The number of nitrogen functional groups attached to an aromatic ring is 1. The van der Waals surface area contributed by atoms with Crippen molar-refractivity contribution in [1.82, 2.24) is 0 Å². The van der Waals surface area contributed by atoms with E-state index in [0.717, 1.165) is 18.5 Å². The molecule has 0 unspecified atom stereocenters. The highest BCUT2D eigenvalue weighted by Crippen LogP contribution is 2.23. The Hall–Kier alpha value is -2.03. The third-order valence-corrected chi connectivity index (χ3v) is 3.28. The molecular weight excluding hydrogens is 251 g/mol. The molecule has 0 heterocycles. The summed E-state index contributed by atoms with van der Waals surface area (Å²) >= 11 is 0. The number of rotatable bonds is 5. The van der Waals surface area contributed by atoms with Crippen LogP contribution in [0.3, 0.4) is 0 Å². The molecule has 0 aliphatic rings. The summed E-state index contributed by atoms with van der Waals surface area (Å²) in [6.07, 6.45) is 1.93. The molecule has 2 aromatic carbocycles. The van der Waals surface area contributed by atoms with Crippen molar-refractivity contribution in [3.05, 3.63) is 59.9 Å². The number of halogens is 1. The van der Waals surface area contributed by atoms with E-state index in [2.05, 4.69) is 31.3 Å². The van der Waals surface area contributed by atoms with E-state index in [4.69, 9.17) is 5.73 Å². The molecule has 0 aliphatic heterocycles. The molecule has 3 N–H and O–H groups in total. The van der Waals surface area contributed by atoms with E-state index in [9.17, 15) is 4.39 Å². The predicted octanol–water partition coefficient (Wildman–Crippen LogP) is 4.23. The topological polar surface area (TPSA) is 38.0 Å². The van der Waals surface area contributed by atoms with Crippen LogP contribution >= 0.6 is 0 Å². The molecular formula is C17H21FN2. The molecule has 2 nitrogen and oxygen atoms in total. The van der Waals surface area contributed by atoms with Gasteiger partial charge in [0.2, 0.25) is 0 Å². The minimum atomic E-state index is -0.314. The minimum absolute atomic E-state index is 0.129. The summed E-state index contributed by atoms with van der Waals surface area (Å²) in [5.41, 5.74) is 8.00. The largest absolute Gasteiger partial charge is 0.399 e. The fourth-order valence-corrected chi connectivity index (χ4v) is 2.24. The van der Waals surface area contributed by atoms with Crippen molar-refractivity contribution < 1.29 is 4.39 Å². The SMILES string of the molecule is CC(C)(CCc1ccccc1)Nc1cc(N)cc(F)c1. The summed E-state index contributed by atoms with van der Waals surface area (Å²) in [5.74, 6) is -0.314. The first-order chi connectivity index (χ1) is 9.44. The molecule has 0 aliphatic carbocycles. The number of nitrogens with one attached hydrogen (secondary N) is 1. The van der Waals surface area contributed by atoms with Crippen molar-refractivity contribution in [2.24, 2.45) is 0 Å². The zero-order chi connectivity index (χ0) is 14.6. The summed E-state index contributed by atoms with van der Waals surface area (Å²) in [4.78, 5) is 0. The van der Waals surface area contributed by atoms with E-state index in [-0.39, 0.29) is 11.4 Å². The second-order valence-corrected chi connectivity index (χ2v) is 5.77. The number of hydrogen-bond acceptors (Lipinski definition) is 2. The van der Waals surface area contributed by atoms with Gasteiger partial charge in [-0.1, -0.05) is 30.3 Å². The van der Waals surface area contributed by atoms with Gasteiger partial charge in [-0.15, -0.1) is 0 Å². The summed E-state index contributed by atoms with van der Waals surface area (Å²) < 4.78 is 13.3. The van der Waals surface area contributed by atoms with Crippen LogP contribution in [0.4, 0.5) is 15.8 Å². The van der Waals surface area contributed by atoms with E-state index in [1.807, 2.05) is 18.2 Å². The fraction of sp³-hybridized carbons (Fsp3) is 0.294. The van der Waals surface area contributed by atoms with Gasteiger partial charge in [-0.05, 0) is 50.5 Å². The summed E-state index contributed by atoms with van der Waals surface area (Å²) in [6, 6.07) is 14.9. The van der Waals surface area contributed by atoms with Gasteiger partial charge in [0, 0.05) is 16.9 Å². The van der Waals surface area contributed by atoms with Crippen LogP contribution in [0.2, 0.25) is 0 Å². The van der Waals surface area contributed by atoms with Crippen LogP contribution in [0.15, 0.2) is 48.5 Å². The highest BCUT2D eigenvalue weighted by molar-refractivity contribution is 5.55. The molecule has 0 spiro atoms. The molecule has 20 heavy (non-hydrogen) atoms. The molecule has 0 fully saturated rings. The highest BCUT2D eigenvalue weighted by atomic mass is 19.1. The van der Waals surface area contributed by atoms with Gasteiger partial charge in [0.1, 0.15) is 5.82 Å². The predicted molar refractivity (Wildman–Crippen MR) is 83.3 cm³/mol. The lowest BCUT2D eigenvalue weighted by Crippen LogP contribution is -2.31. The van der Waals surface area contributed by atoms with E-state index in [1.54, 1.807) is 6.07 Å².